The number of rotatable bonds is 3. The van der Waals surface area contributed by atoms with E-state index in [0.29, 0.717) is 23.9 Å². The van der Waals surface area contributed by atoms with Crippen LogP contribution >= 0.6 is 0 Å². The van der Waals surface area contributed by atoms with Crippen LogP contribution < -0.4 is 9.64 Å². The quantitative estimate of drug-likeness (QED) is 0.805. The van der Waals surface area contributed by atoms with Crippen molar-refractivity contribution in [1.29, 1.82) is 0 Å². The fourth-order valence-corrected chi connectivity index (χ4v) is 3.25. The van der Waals surface area contributed by atoms with Crippen LogP contribution in [0.1, 0.15) is 36.5 Å². The second-order valence-electron chi connectivity index (χ2n) is 6.07. The number of halogens is 1. The van der Waals surface area contributed by atoms with Crippen LogP contribution in [0.2, 0.25) is 0 Å². The number of aliphatic imine (C=N–C) groups is 1. The number of hydrogen-bond acceptors (Lipinski definition) is 6. The molecule has 2 aliphatic rings. The molecule has 4 heterocycles. The van der Waals surface area contributed by atoms with E-state index in [1.807, 2.05) is 17.2 Å². The minimum atomic E-state index is -0.550. The number of ether oxygens (including phenoxy) is 1. The van der Waals surface area contributed by atoms with Crippen LogP contribution in [0.4, 0.5) is 10.2 Å². The summed E-state index contributed by atoms with van der Waals surface area (Å²) in [6.07, 6.45) is 7.15. The summed E-state index contributed by atoms with van der Waals surface area (Å²) >= 11 is 0. The van der Waals surface area contributed by atoms with E-state index in [1.165, 1.54) is 13.2 Å². The smallest absolute Gasteiger partial charge is 0.218 e. The zero-order chi connectivity index (χ0) is 17.4. The molecule has 128 valence electrons. The van der Waals surface area contributed by atoms with Gasteiger partial charge in [0.25, 0.3) is 0 Å². The number of pyridine rings is 1. The molecule has 0 saturated heterocycles. The van der Waals surface area contributed by atoms with Crippen molar-refractivity contribution in [2.24, 2.45) is 4.99 Å². The largest absolute Gasteiger partial charge is 0.496 e. The van der Waals surface area contributed by atoms with Gasteiger partial charge in [-0.2, -0.15) is 4.39 Å². The van der Waals surface area contributed by atoms with Gasteiger partial charge in [0.1, 0.15) is 11.6 Å². The average Bonchev–Trinajstić information content (AvgIpc) is 3.16. The monoisotopic (exact) mass is 339 g/mol. The number of allylic oxidation sites excluding steroid dienone is 1. The van der Waals surface area contributed by atoms with Crippen molar-refractivity contribution in [2.45, 2.75) is 25.8 Å². The molecule has 0 saturated carbocycles. The zero-order valence-electron chi connectivity index (χ0n) is 14.1. The molecule has 0 bridgehead atoms. The van der Waals surface area contributed by atoms with Gasteiger partial charge in [0.2, 0.25) is 5.95 Å². The predicted molar refractivity (Wildman–Crippen MR) is 92.5 cm³/mol. The second kappa shape index (κ2) is 6.23. The topological polar surface area (TPSA) is 63.5 Å². The highest BCUT2D eigenvalue weighted by molar-refractivity contribution is 6.00. The van der Waals surface area contributed by atoms with Gasteiger partial charge in [-0.15, -0.1) is 0 Å². The molecule has 4 rings (SSSR count). The minimum Gasteiger partial charge on any atom is -0.496 e. The molecule has 2 aromatic rings. The maximum absolute atomic E-state index is 13.8. The Morgan fingerprint density at radius 1 is 1.28 bits per heavy atom. The molecule has 0 spiro atoms. The Labute approximate surface area is 145 Å². The Morgan fingerprint density at radius 2 is 2.16 bits per heavy atom. The summed E-state index contributed by atoms with van der Waals surface area (Å²) in [6, 6.07) is 3.02. The summed E-state index contributed by atoms with van der Waals surface area (Å²) in [5.74, 6) is 1.16. The lowest BCUT2D eigenvalue weighted by molar-refractivity contribution is 0.408. The van der Waals surface area contributed by atoms with Gasteiger partial charge < -0.3 is 9.64 Å². The van der Waals surface area contributed by atoms with E-state index in [0.717, 1.165) is 29.8 Å². The standard InChI is InChI=1S/C18H18FN5O/c1-11-13-10-21-18(15-4-3-6-20-15)22-14(13)5-7-24(11)17-9-12(25-2)8-16(19)23-17/h3,6,8-11H,4-5,7H2,1-2H3. The third-order valence-corrected chi connectivity index (χ3v) is 4.60. The molecule has 2 aliphatic heterocycles. The van der Waals surface area contributed by atoms with Gasteiger partial charge in [-0.05, 0) is 6.92 Å². The Kier molecular flexibility index (Phi) is 3.91. The van der Waals surface area contributed by atoms with E-state index in [1.54, 1.807) is 12.3 Å². The second-order valence-corrected chi connectivity index (χ2v) is 6.07. The molecule has 25 heavy (non-hydrogen) atoms. The molecular formula is C18H18FN5O. The third kappa shape index (κ3) is 2.86. The van der Waals surface area contributed by atoms with E-state index >= 15 is 0 Å². The maximum atomic E-state index is 13.8. The first-order valence-corrected chi connectivity index (χ1v) is 8.22. The number of nitrogens with zero attached hydrogens (tertiary/aromatic N) is 5. The van der Waals surface area contributed by atoms with Crippen molar-refractivity contribution in [1.82, 2.24) is 15.0 Å². The van der Waals surface area contributed by atoms with Crippen molar-refractivity contribution < 1.29 is 9.13 Å². The molecule has 0 N–H and O–H groups in total. The van der Waals surface area contributed by atoms with Crippen molar-refractivity contribution >= 4 is 11.5 Å². The molecule has 0 amide bonds. The molecule has 0 aromatic carbocycles. The highest BCUT2D eigenvalue weighted by atomic mass is 19.1. The van der Waals surface area contributed by atoms with Gasteiger partial charge in [0.05, 0.1) is 24.6 Å². The van der Waals surface area contributed by atoms with Gasteiger partial charge in [-0.1, -0.05) is 6.08 Å². The number of methoxy groups -OCH3 is 1. The van der Waals surface area contributed by atoms with Crippen LogP contribution in [0.25, 0.3) is 0 Å². The minimum absolute atomic E-state index is 0.000415. The van der Waals surface area contributed by atoms with Gasteiger partial charge >= 0.3 is 0 Å². The first-order valence-electron chi connectivity index (χ1n) is 8.22. The van der Waals surface area contributed by atoms with Crippen LogP contribution in [-0.4, -0.2) is 34.3 Å². The summed E-state index contributed by atoms with van der Waals surface area (Å²) < 4.78 is 18.9. The van der Waals surface area contributed by atoms with Crippen molar-refractivity contribution in [3.63, 3.8) is 0 Å². The van der Waals surface area contributed by atoms with E-state index in [-0.39, 0.29) is 6.04 Å². The first kappa shape index (κ1) is 15.7. The van der Waals surface area contributed by atoms with Gasteiger partial charge in [-0.25, -0.2) is 15.0 Å². The Balaban J connectivity index is 1.65. The molecule has 2 aromatic heterocycles. The lowest BCUT2D eigenvalue weighted by atomic mass is 9.99. The zero-order valence-corrected chi connectivity index (χ0v) is 14.1. The van der Waals surface area contributed by atoms with E-state index in [9.17, 15) is 4.39 Å². The number of fused-ring (bicyclic) bond motifs is 1. The number of aromatic nitrogens is 3. The lowest BCUT2D eigenvalue weighted by Crippen LogP contribution is -2.35. The molecule has 1 atom stereocenters. The molecule has 0 fully saturated rings. The first-order chi connectivity index (χ1) is 12.2. The van der Waals surface area contributed by atoms with Crippen molar-refractivity contribution in [3.8, 4) is 5.75 Å². The highest BCUT2D eigenvalue weighted by Crippen LogP contribution is 2.33. The maximum Gasteiger partial charge on any atom is 0.218 e. The fraction of sp³-hybridized carbons (Fsp3) is 0.333. The molecule has 1 unspecified atom stereocenters. The Bertz CT molecular complexity index is 880. The highest BCUT2D eigenvalue weighted by Gasteiger charge is 2.27. The summed E-state index contributed by atoms with van der Waals surface area (Å²) in [5, 5.41) is 0. The van der Waals surface area contributed by atoms with E-state index in [2.05, 4.69) is 21.9 Å². The lowest BCUT2D eigenvalue weighted by Gasteiger charge is -2.35. The van der Waals surface area contributed by atoms with Gasteiger partial charge in [0.15, 0.2) is 5.82 Å². The summed E-state index contributed by atoms with van der Waals surface area (Å²) in [4.78, 5) is 19.5. The molecule has 0 aliphatic carbocycles. The molecule has 0 radical (unpaired) electrons. The molecular weight excluding hydrogens is 321 g/mol. The van der Waals surface area contributed by atoms with Crippen LogP contribution in [0.15, 0.2) is 35.6 Å². The van der Waals surface area contributed by atoms with Crippen LogP contribution in [-0.2, 0) is 6.42 Å². The normalized spacial score (nSPS) is 18.9. The number of anilines is 1. The summed E-state index contributed by atoms with van der Waals surface area (Å²) in [6.45, 7) is 2.75. The summed E-state index contributed by atoms with van der Waals surface area (Å²) in [7, 11) is 1.52. The predicted octanol–water partition coefficient (Wildman–Crippen LogP) is 2.85. The molecule has 7 heteroatoms. The van der Waals surface area contributed by atoms with Crippen LogP contribution in [0.5, 0.6) is 5.75 Å². The Hall–Kier alpha value is -2.83. The van der Waals surface area contributed by atoms with E-state index in [4.69, 9.17) is 9.72 Å². The Morgan fingerprint density at radius 3 is 2.92 bits per heavy atom. The fourth-order valence-electron chi connectivity index (χ4n) is 3.25. The molecule has 6 nitrogen and oxygen atoms in total. The van der Waals surface area contributed by atoms with Gasteiger partial charge in [0, 0.05) is 49.5 Å². The van der Waals surface area contributed by atoms with E-state index < -0.39 is 5.95 Å². The van der Waals surface area contributed by atoms with Crippen molar-refractivity contribution in [2.75, 3.05) is 18.6 Å². The van der Waals surface area contributed by atoms with Gasteiger partial charge in [-0.3, -0.25) is 4.99 Å². The van der Waals surface area contributed by atoms with Crippen LogP contribution in [0.3, 0.4) is 0 Å². The summed E-state index contributed by atoms with van der Waals surface area (Å²) in [5.41, 5.74) is 2.95. The average molecular weight is 339 g/mol. The van der Waals surface area contributed by atoms with Crippen LogP contribution in [0, 0.1) is 5.95 Å². The third-order valence-electron chi connectivity index (χ3n) is 4.60. The van der Waals surface area contributed by atoms with Crippen molar-refractivity contribution in [3.05, 3.63) is 53.6 Å². The number of hydrogen-bond donors (Lipinski definition) is 0. The SMILES string of the molecule is COc1cc(F)nc(N2CCc3nc(C4=NC=CC4)ncc3C2C)c1.